The van der Waals surface area contributed by atoms with Gasteiger partial charge >= 0.3 is 7.82 Å². The van der Waals surface area contributed by atoms with Crippen LogP contribution in [-0.4, -0.2) is 13.2 Å². The summed E-state index contributed by atoms with van der Waals surface area (Å²) in [7, 11) is -3.68. The smallest absolute Gasteiger partial charge is 0.404 e. The molecule has 0 unspecified atom stereocenters. The molecule has 0 atom stereocenters. The van der Waals surface area contributed by atoms with Crippen LogP contribution in [0, 0.1) is 11.8 Å². The second-order valence-electron chi connectivity index (χ2n) is 11.0. The molecule has 0 radical (unpaired) electrons. The summed E-state index contributed by atoms with van der Waals surface area (Å²) in [5, 5.41) is 0. The number of phosphoric ester groups is 1. The van der Waals surface area contributed by atoms with Crippen molar-refractivity contribution in [3.8, 4) is 16.9 Å². The van der Waals surface area contributed by atoms with E-state index in [0.29, 0.717) is 19.0 Å². The zero-order valence-electron chi connectivity index (χ0n) is 23.8. The highest BCUT2D eigenvalue weighted by molar-refractivity contribution is 7.48. The zero-order chi connectivity index (χ0) is 26.8. The molecule has 37 heavy (non-hydrogen) atoms. The second-order valence-corrected chi connectivity index (χ2v) is 12.6. The van der Waals surface area contributed by atoms with Crippen molar-refractivity contribution in [2.75, 3.05) is 13.2 Å². The number of phosphoric acid groups is 1. The Morgan fingerprint density at radius 2 is 1.00 bits per heavy atom. The predicted molar refractivity (Wildman–Crippen MR) is 157 cm³/mol. The van der Waals surface area contributed by atoms with Crippen LogP contribution in [0.2, 0.25) is 0 Å². The molecule has 0 heterocycles. The quantitative estimate of drug-likeness (QED) is 0.119. The molecule has 4 nitrogen and oxygen atoms in total. The number of benzene rings is 2. The van der Waals surface area contributed by atoms with E-state index in [0.717, 1.165) is 48.6 Å². The molecule has 0 fully saturated rings. The Labute approximate surface area is 227 Å². The molecule has 208 valence electrons. The molecular weight excluding hydrogens is 479 g/mol. The molecule has 2 aromatic rings. The van der Waals surface area contributed by atoms with Crippen LogP contribution in [0.3, 0.4) is 0 Å². The van der Waals surface area contributed by atoms with Gasteiger partial charge in [-0.2, -0.15) is 0 Å². The van der Waals surface area contributed by atoms with Crippen LogP contribution in [0.5, 0.6) is 5.75 Å². The van der Waals surface area contributed by atoms with Crippen LogP contribution in [0.1, 0.15) is 105 Å². The van der Waals surface area contributed by atoms with Crippen LogP contribution >= 0.6 is 7.82 Å². The van der Waals surface area contributed by atoms with Crippen molar-refractivity contribution in [2.24, 2.45) is 11.8 Å². The second kappa shape index (κ2) is 18.6. The SMILES string of the molecule is CC(C)CCCCCCCOP(=O)(OCCCCCCCC(C)C)Oc1ccc(-c2ccccc2)cc1. The first-order valence-electron chi connectivity index (χ1n) is 14.6. The van der Waals surface area contributed by atoms with Crippen molar-refractivity contribution < 1.29 is 18.1 Å². The molecule has 0 amide bonds. The van der Waals surface area contributed by atoms with Crippen molar-refractivity contribution in [1.29, 1.82) is 0 Å². The van der Waals surface area contributed by atoms with Gasteiger partial charge in [-0.3, -0.25) is 9.05 Å². The summed E-state index contributed by atoms with van der Waals surface area (Å²) in [4.78, 5) is 0. The number of hydrogen-bond donors (Lipinski definition) is 0. The van der Waals surface area contributed by atoms with Gasteiger partial charge in [0.1, 0.15) is 5.75 Å². The minimum absolute atomic E-state index is 0.388. The van der Waals surface area contributed by atoms with Gasteiger partial charge in [-0.1, -0.05) is 134 Å². The van der Waals surface area contributed by atoms with Gasteiger partial charge in [0, 0.05) is 0 Å². The molecule has 0 N–H and O–H groups in total. The highest BCUT2D eigenvalue weighted by Crippen LogP contribution is 2.50. The molecule has 5 heteroatoms. The largest absolute Gasteiger partial charge is 0.530 e. The van der Waals surface area contributed by atoms with E-state index in [1.165, 1.54) is 51.4 Å². The Morgan fingerprint density at radius 1 is 0.568 bits per heavy atom. The zero-order valence-corrected chi connectivity index (χ0v) is 24.7. The van der Waals surface area contributed by atoms with Crippen LogP contribution < -0.4 is 4.52 Å². The Balaban J connectivity index is 1.82. The van der Waals surface area contributed by atoms with Crippen molar-refractivity contribution in [3.63, 3.8) is 0 Å². The van der Waals surface area contributed by atoms with E-state index in [4.69, 9.17) is 13.6 Å². The maximum Gasteiger partial charge on any atom is 0.530 e. The highest BCUT2D eigenvalue weighted by Gasteiger charge is 2.28. The lowest BCUT2D eigenvalue weighted by Crippen LogP contribution is -2.05. The number of unbranched alkanes of at least 4 members (excludes halogenated alkanes) is 8. The van der Waals surface area contributed by atoms with Crippen LogP contribution in [-0.2, 0) is 13.6 Å². The molecule has 0 aromatic heterocycles. The van der Waals surface area contributed by atoms with E-state index < -0.39 is 7.82 Å². The molecule has 0 bridgehead atoms. The first-order valence-corrected chi connectivity index (χ1v) is 16.1. The Bertz CT molecular complexity index is 836. The molecule has 0 saturated carbocycles. The summed E-state index contributed by atoms with van der Waals surface area (Å²) in [5.41, 5.74) is 2.21. The summed E-state index contributed by atoms with van der Waals surface area (Å²) >= 11 is 0. The third-order valence-electron chi connectivity index (χ3n) is 6.53. The third kappa shape index (κ3) is 14.8. The van der Waals surface area contributed by atoms with Gasteiger partial charge in [-0.05, 0) is 47.9 Å². The Hall–Kier alpha value is -1.61. The van der Waals surface area contributed by atoms with Gasteiger partial charge in [0.2, 0.25) is 0 Å². The van der Waals surface area contributed by atoms with E-state index in [1.54, 1.807) is 0 Å². The topological polar surface area (TPSA) is 44.8 Å². The van der Waals surface area contributed by atoms with Gasteiger partial charge in [-0.25, -0.2) is 4.57 Å². The van der Waals surface area contributed by atoms with Crippen molar-refractivity contribution >= 4 is 7.82 Å². The first-order chi connectivity index (χ1) is 17.9. The van der Waals surface area contributed by atoms with Crippen LogP contribution in [0.15, 0.2) is 54.6 Å². The van der Waals surface area contributed by atoms with E-state index in [1.807, 2.05) is 42.5 Å². The van der Waals surface area contributed by atoms with E-state index in [-0.39, 0.29) is 0 Å². The Kier molecular flexibility index (Phi) is 15.9. The average Bonchev–Trinajstić information content (AvgIpc) is 2.88. The summed E-state index contributed by atoms with van der Waals surface area (Å²) in [6, 6.07) is 17.8. The van der Waals surface area contributed by atoms with E-state index in [9.17, 15) is 4.57 Å². The number of rotatable bonds is 21. The minimum atomic E-state index is -3.68. The maximum absolute atomic E-state index is 13.5. The standard InChI is InChI=1S/C32H51O4P/c1-28(2)18-12-7-5-9-16-26-34-37(33,35-27-17-10-6-8-13-19-29(3)4)36-32-24-22-31(23-25-32)30-20-14-11-15-21-30/h11,14-15,20-25,28-29H,5-10,12-13,16-19,26-27H2,1-4H3. The summed E-state index contributed by atoms with van der Waals surface area (Å²) < 4.78 is 30.9. The van der Waals surface area contributed by atoms with Gasteiger partial charge in [0.25, 0.3) is 0 Å². The van der Waals surface area contributed by atoms with Crippen LogP contribution in [0.4, 0.5) is 0 Å². The van der Waals surface area contributed by atoms with Gasteiger partial charge in [0.15, 0.2) is 0 Å². The molecule has 0 aliphatic heterocycles. The summed E-state index contributed by atoms with van der Waals surface area (Å²) in [6.07, 6.45) is 13.8. The lowest BCUT2D eigenvalue weighted by Gasteiger charge is -2.19. The van der Waals surface area contributed by atoms with Crippen molar-refractivity contribution in [2.45, 2.75) is 105 Å². The fourth-order valence-electron chi connectivity index (χ4n) is 4.28. The van der Waals surface area contributed by atoms with E-state index in [2.05, 4.69) is 39.8 Å². The van der Waals surface area contributed by atoms with Crippen molar-refractivity contribution in [1.82, 2.24) is 0 Å². The number of hydrogen-bond acceptors (Lipinski definition) is 4. The predicted octanol–water partition coefficient (Wildman–Crippen LogP) is 10.9. The van der Waals surface area contributed by atoms with Gasteiger partial charge in [0.05, 0.1) is 13.2 Å². The molecule has 0 aliphatic rings. The maximum atomic E-state index is 13.5. The monoisotopic (exact) mass is 530 g/mol. The lowest BCUT2D eigenvalue weighted by atomic mass is 10.0. The van der Waals surface area contributed by atoms with Crippen molar-refractivity contribution in [3.05, 3.63) is 54.6 Å². The molecule has 0 aliphatic carbocycles. The normalized spacial score (nSPS) is 11.9. The minimum Gasteiger partial charge on any atom is -0.404 e. The molecular formula is C32H51O4P. The molecule has 2 aromatic carbocycles. The lowest BCUT2D eigenvalue weighted by molar-refractivity contribution is 0.150. The fourth-order valence-corrected chi connectivity index (χ4v) is 5.55. The first kappa shape index (κ1) is 31.6. The molecule has 0 spiro atoms. The average molecular weight is 531 g/mol. The van der Waals surface area contributed by atoms with Crippen LogP contribution in [0.25, 0.3) is 11.1 Å². The van der Waals surface area contributed by atoms with Gasteiger partial charge in [-0.15, -0.1) is 0 Å². The molecule has 0 saturated heterocycles. The summed E-state index contributed by atoms with van der Waals surface area (Å²) in [5.74, 6) is 2.04. The van der Waals surface area contributed by atoms with E-state index >= 15 is 0 Å². The Morgan fingerprint density at radius 3 is 1.49 bits per heavy atom. The van der Waals surface area contributed by atoms with Gasteiger partial charge < -0.3 is 4.52 Å². The fraction of sp³-hybridized carbons (Fsp3) is 0.625. The highest BCUT2D eigenvalue weighted by atomic mass is 31.2. The summed E-state index contributed by atoms with van der Waals surface area (Å²) in [6.45, 7) is 9.86. The third-order valence-corrected chi connectivity index (χ3v) is 7.96. The molecule has 2 rings (SSSR count).